The van der Waals surface area contributed by atoms with E-state index < -0.39 is 30.2 Å². The summed E-state index contributed by atoms with van der Waals surface area (Å²) in [5.41, 5.74) is 0. The largest absolute Gasteiger partial charge is 0.459 e. The fourth-order valence-electron chi connectivity index (χ4n) is 0.934. The molecule has 1 fully saturated rings. The van der Waals surface area contributed by atoms with Crippen LogP contribution in [0.2, 0.25) is 0 Å². The smallest absolute Gasteiger partial charge is 0.363 e. The van der Waals surface area contributed by atoms with E-state index in [0.717, 1.165) is 6.92 Å². The third kappa shape index (κ3) is 1.45. The van der Waals surface area contributed by atoms with Crippen molar-refractivity contribution in [2.24, 2.45) is 0 Å². The van der Waals surface area contributed by atoms with E-state index in [9.17, 15) is 30.7 Å². The predicted molar refractivity (Wildman–Crippen MR) is 30.3 cm³/mol. The van der Waals surface area contributed by atoms with Gasteiger partial charge < -0.3 is 4.74 Å². The van der Waals surface area contributed by atoms with Crippen LogP contribution in [-0.4, -0.2) is 30.2 Å². The summed E-state index contributed by atoms with van der Waals surface area (Å²) in [5, 5.41) is 0. The highest BCUT2D eigenvalue weighted by atomic mass is 19.4. The lowest BCUT2D eigenvalue weighted by Gasteiger charge is -2.26. The Morgan fingerprint density at radius 1 is 0.929 bits per heavy atom. The third-order valence-electron chi connectivity index (χ3n) is 1.84. The number of halogens is 7. The molecule has 2 unspecified atom stereocenters. The lowest BCUT2D eigenvalue weighted by molar-refractivity contribution is -0.357. The molecule has 1 nitrogen and oxygen atoms in total. The van der Waals surface area contributed by atoms with E-state index in [1.807, 2.05) is 0 Å². The summed E-state index contributed by atoms with van der Waals surface area (Å²) >= 11 is 0. The van der Waals surface area contributed by atoms with Crippen LogP contribution >= 0.6 is 0 Å². The van der Waals surface area contributed by atoms with Crippen LogP contribution in [0.3, 0.4) is 0 Å². The molecule has 0 aliphatic carbocycles. The van der Waals surface area contributed by atoms with E-state index in [1.165, 1.54) is 0 Å². The molecule has 0 N–H and O–H groups in total. The van der Waals surface area contributed by atoms with Crippen LogP contribution < -0.4 is 0 Å². The van der Waals surface area contributed by atoms with Crippen molar-refractivity contribution in [1.29, 1.82) is 0 Å². The van der Waals surface area contributed by atoms with Gasteiger partial charge in [0.1, 0.15) is 0 Å². The maximum atomic E-state index is 12.5. The zero-order chi connectivity index (χ0) is 11.4. The normalized spacial score (nSPS) is 29.1. The highest BCUT2D eigenvalue weighted by molar-refractivity contribution is 5.04. The molecule has 1 aliphatic heterocycles. The van der Waals surface area contributed by atoms with E-state index in [0.29, 0.717) is 0 Å². The van der Waals surface area contributed by atoms with Crippen LogP contribution in [0, 0.1) is 0 Å². The maximum Gasteiger partial charge on any atom is 0.459 e. The molecule has 8 heteroatoms. The molecule has 1 saturated heterocycles. The number of hydrogen-bond acceptors (Lipinski definition) is 1. The number of hydrogen-bond donors (Lipinski definition) is 0. The zero-order valence-corrected chi connectivity index (χ0v) is 6.71. The highest BCUT2D eigenvalue weighted by Crippen LogP contribution is 2.52. The topological polar surface area (TPSA) is 12.5 Å². The number of epoxide rings is 1. The van der Waals surface area contributed by atoms with Crippen molar-refractivity contribution in [2.45, 2.75) is 37.2 Å². The van der Waals surface area contributed by atoms with Crippen molar-refractivity contribution in [3.63, 3.8) is 0 Å². The summed E-state index contributed by atoms with van der Waals surface area (Å²) in [6, 6.07) is 0. The van der Waals surface area contributed by atoms with Gasteiger partial charge in [-0.15, -0.1) is 0 Å². The molecule has 0 spiro atoms. The van der Waals surface area contributed by atoms with Gasteiger partial charge in [-0.25, -0.2) is 0 Å². The van der Waals surface area contributed by atoms with E-state index in [4.69, 9.17) is 0 Å². The summed E-state index contributed by atoms with van der Waals surface area (Å²) in [4.78, 5) is 0. The van der Waals surface area contributed by atoms with E-state index in [2.05, 4.69) is 4.74 Å². The second-order valence-electron chi connectivity index (χ2n) is 2.96. The van der Waals surface area contributed by atoms with E-state index >= 15 is 0 Å². The Morgan fingerprint density at radius 2 is 1.29 bits per heavy atom. The SMILES string of the molecule is CC1OC1C(F)(F)C(F)(F)C(F)(F)F. The number of rotatable bonds is 2. The minimum Gasteiger partial charge on any atom is -0.363 e. The number of ether oxygens (including phenoxy) is 1. The first-order chi connectivity index (χ1) is 6.02. The van der Waals surface area contributed by atoms with Gasteiger partial charge in [-0.2, -0.15) is 30.7 Å². The van der Waals surface area contributed by atoms with Crippen molar-refractivity contribution in [3.05, 3.63) is 0 Å². The first-order valence-electron chi connectivity index (χ1n) is 3.49. The van der Waals surface area contributed by atoms with Gasteiger partial charge in [0, 0.05) is 0 Å². The van der Waals surface area contributed by atoms with Gasteiger partial charge in [-0.1, -0.05) is 0 Å². The molecule has 1 aliphatic rings. The molecular formula is C6H5F7O. The average molecular weight is 226 g/mol. The molecule has 0 aromatic heterocycles. The Balaban J connectivity index is 2.91. The predicted octanol–water partition coefficient (Wildman–Crippen LogP) is 2.61. The Hall–Kier alpha value is -0.530. The monoisotopic (exact) mass is 226 g/mol. The van der Waals surface area contributed by atoms with Crippen LogP contribution in [0.1, 0.15) is 6.92 Å². The van der Waals surface area contributed by atoms with Crippen molar-refractivity contribution in [1.82, 2.24) is 0 Å². The van der Waals surface area contributed by atoms with E-state index in [1.54, 1.807) is 0 Å². The minimum atomic E-state index is -6.28. The van der Waals surface area contributed by atoms with Crippen LogP contribution in [0.5, 0.6) is 0 Å². The van der Waals surface area contributed by atoms with Crippen molar-refractivity contribution in [2.75, 3.05) is 0 Å². The standard InChI is InChI=1S/C6H5F7O/c1-2-3(14-2)4(7,8)5(9,10)6(11,12)13/h2-3H,1H3. The highest BCUT2D eigenvalue weighted by Gasteiger charge is 2.79. The van der Waals surface area contributed by atoms with Crippen LogP contribution in [-0.2, 0) is 4.74 Å². The van der Waals surface area contributed by atoms with Gasteiger partial charge in [0.05, 0.1) is 6.10 Å². The summed E-state index contributed by atoms with van der Waals surface area (Å²) in [7, 11) is 0. The fraction of sp³-hybridized carbons (Fsp3) is 1.00. The Bertz CT molecular complexity index is 233. The molecule has 0 saturated carbocycles. The molecule has 2 atom stereocenters. The molecular weight excluding hydrogens is 221 g/mol. The second-order valence-corrected chi connectivity index (χ2v) is 2.96. The van der Waals surface area contributed by atoms with Gasteiger partial charge in [-0.3, -0.25) is 0 Å². The molecule has 84 valence electrons. The molecule has 1 heterocycles. The first kappa shape index (κ1) is 11.5. The summed E-state index contributed by atoms with van der Waals surface area (Å²) in [6.45, 7) is 0.991. The quantitative estimate of drug-likeness (QED) is 0.520. The lowest BCUT2D eigenvalue weighted by atomic mass is 10.1. The maximum absolute atomic E-state index is 12.5. The molecule has 0 radical (unpaired) electrons. The second kappa shape index (κ2) is 2.74. The van der Waals surface area contributed by atoms with Gasteiger partial charge in [0.2, 0.25) is 0 Å². The molecule has 0 aromatic carbocycles. The van der Waals surface area contributed by atoms with Crippen LogP contribution in [0.15, 0.2) is 0 Å². The molecule has 0 aromatic rings. The van der Waals surface area contributed by atoms with Crippen molar-refractivity contribution >= 4 is 0 Å². The first-order valence-corrected chi connectivity index (χ1v) is 3.49. The van der Waals surface area contributed by atoms with Crippen LogP contribution in [0.4, 0.5) is 30.7 Å². The molecule has 0 amide bonds. The van der Waals surface area contributed by atoms with Gasteiger partial charge >= 0.3 is 18.0 Å². The van der Waals surface area contributed by atoms with Crippen LogP contribution in [0.25, 0.3) is 0 Å². The Kier molecular flexibility index (Phi) is 2.26. The lowest BCUT2D eigenvalue weighted by Crippen LogP contribution is -2.55. The average Bonchev–Trinajstić information content (AvgIpc) is 2.64. The molecule has 1 rings (SSSR count). The van der Waals surface area contributed by atoms with Crippen molar-refractivity contribution in [3.8, 4) is 0 Å². The Labute approximate surface area is 73.8 Å². The summed E-state index contributed by atoms with van der Waals surface area (Å²) < 4.78 is 88.1. The zero-order valence-electron chi connectivity index (χ0n) is 6.71. The summed E-state index contributed by atoms with van der Waals surface area (Å²) in [5.74, 6) is -11.3. The van der Waals surface area contributed by atoms with Gasteiger partial charge in [0.15, 0.2) is 6.10 Å². The van der Waals surface area contributed by atoms with E-state index in [-0.39, 0.29) is 0 Å². The van der Waals surface area contributed by atoms with Crippen molar-refractivity contribution < 1.29 is 35.5 Å². The number of alkyl halides is 7. The van der Waals surface area contributed by atoms with Gasteiger partial charge in [0.25, 0.3) is 0 Å². The summed E-state index contributed by atoms with van der Waals surface area (Å²) in [6.07, 6.45) is -9.92. The van der Waals surface area contributed by atoms with Gasteiger partial charge in [-0.05, 0) is 6.92 Å². The fourth-order valence-corrected chi connectivity index (χ4v) is 0.934. The molecule has 0 bridgehead atoms. The molecule has 14 heavy (non-hydrogen) atoms. The third-order valence-corrected chi connectivity index (χ3v) is 1.84. The Morgan fingerprint density at radius 3 is 1.50 bits per heavy atom. The minimum absolute atomic E-state index is 0.991.